The van der Waals surface area contributed by atoms with Crippen molar-refractivity contribution < 1.29 is 4.74 Å². The van der Waals surface area contributed by atoms with Gasteiger partial charge in [0.2, 0.25) is 0 Å². The van der Waals surface area contributed by atoms with Gasteiger partial charge in [0.05, 0.1) is 46.9 Å². The Morgan fingerprint density at radius 3 is 3.20 bits per heavy atom. The summed E-state index contributed by atoms with van der Waals surface area (Å²) in [5.74, 6) is 0. The fraction of sp³-hybridized carbons (Fsp3) is 0.471. The summed E-state index contributed by atoms with van der Waals surface area (Å²) in [6.45, 7) is 3.24. The minimum absolute atomic E-state index is 0.213. The highest BCUT2D eigenvalue weighted by Crippen LogP contribution is 2.32. The van der Waals surface area contributed by atoms with Crippen molar-refractivity contribution in [1.29, 1.82) is 0 Å². The van der Waals surface area contributed by atoms with Crippen LogP contribution >= 0.6 is 11.6 Å². The first-order valence-electron chi connectivity index (χ1n) is 8.54. The second-order valence-corrected chi connectivity index (χ2v) is 7.22. The summed E-state index contributed by atoms with van der Waals surface area (Å²) < 4.78 is 9.93. The zero-order valence-electron chi connectivity index (χ0n) is 14.0. The van der Waals surface area contributed by atoms with Gasteiger partial charge in [-0.1, -0.05) is 22.9 Å². The quantitative estimate of drug-likeness (QED) is 0.702. The Balaban J connectivity index is 1.43. The lowest BCUT2D eigenvalue weighted by atomic mass is 10.00. The molecule has 2 aromatic heterocycles. The molecule has 1 aromatic carbocycles. The number of hydrogen-bond acceptors (Lipinski definition) is 5. The Hall–Kier alpha value is -1.96. The Morgan fingerprint density at radius 1 is 1.36 bits per heavy atom. The molecule has 0 unspecified atom stereocenters. The summed E-state index contributed by atoms with van der Waals surface area (Å²) in [4.78, 5) is 2.41. The van der Waals surface area contributed by atoms with E-state index >= 15 is 0 Å². The van der Waals surface area contributed by atoms with Gasteiger partial charge in [0, 0.05) is 32.1 Å². The van der Waals surface area contributed by atoms with Crippen LogP contribution in [0.2, 0.25) is 5.02 Å². The van der Waals surface area contributed by atoms with E-state index < -0.39 is 0 Å². The number of piperidine rings is 1. The molecule has 7 nitrogen and oxygen atoms in total. The largest absolute Gasteiger partial charge is 0.370 e. The van der Waals surface area contributed by atoms with Crippen LogP contribution in [0.4, 0.5) is 0 Å². The average Bonchev–Trinajstić information content (AvgIpc) is 3.21. The van der Waals surface area contributed by atoms with Gasteiger partial charge in [0.1, 0.15) is 0 Å². The second-order valence-electron chi connectivity index (χ2n) is 6.81. The van der Waals surface area contributed by atoms with Gasteiger partial charge in [-0.05, 0) is 18.6 Å². The van der Waals surface area contributed by atoms with Crippen molar-refractivity contribution in [2.45, 2.75) is 31.7 Å². The topological polar surface area (TPSA) is 61.0 Å². The van der Waals surface area contributed by atoms with Crippen LogP contribution < -0.4 is 0 Å². The summed E-state index contributed by atoms with van der Waals surface area (Å²) in [5, 5.41) is 14.8. The summed E-state index contributed by atoms with van der Waals surface area (Å²) in [5.41, 5.74) is 3.14. The number of aromatic nitrogens is 5. The lowest BCUT2D eigenvalue weighted by Gasteiger charge is -2.40. The van der Waals surface area contributed by atoms with Crippen LogP contribution in [0.25, 0.3) is 10.9 Å². The third-order valence-corrected chi connectivity index (χ3v) is 5.60. The van der Waals surface area contributed by atoms with Gasteiger partial charge in [-0.15, -0.1) is 5.10 Å². The molecule has 0 radical (unpaired) electrons. The molecule has 2 aliphatic heterocycles. The first-order valence-corrected chi connectivity index (χ1v) is 8.91. The van der Waals surface area contributed by atoms with Crippen LogP contribution in [-0.4, -0.2) is 48.9 Å². The Labute approximate surface area is 150 Å². The number of rotatable bonds is 2. The van der Waals surface area contributed by atoms with Crippen molar-refractivity contribution in [2.24, 2.45) is 7.05 Å². The van der Waals surface area contributed by atoms with E-state index in [-0.39, 0.29) is 12.1 Å². The van der Waals surface area contributed by atoms with E-state index in [4.69, 9.17) is 21.4 Å². The molecule has 1 saturated heterocycles. The summed E-state index contributed by atoms with van der Waals surface area (Å²) in [6.07, 6.45) is 3.00. The molecule has 0 aliphatic carbocycles. The van der Waals surface area contributed by atoms with Gasteiger partial charge in [0.25, 0.3) is 0 Å². The fourth-order valence-corrected chi connectivity index (χ4v) is 4.34. The van der Waals surface area contributed by atoms with Crippen molar-refractivity contribution in [2.75, 3.05) is 13.1 Å². The molecule has 2 aliphatic rings. The van der Waals surface area contributed by atoms with E-state index in [1.807, 2.05) is 28.5 Å². The van der Waals surface area contributed by atoms with Gasteiger partial charge >= 0.3 is 0 Å². The minimum Gasteiger partial charge on any atom is -0.370 e. The van der Waals surface area contributed by atoms with Crippen molar-refractivity contribution in [3.8, 4) is 0 Å². The van der Waals surface area contributed by atoms with E-state index in [2.05, 4.69) is 21.3 Å². The van der Waals surface area contributed by atoms with Crippen LogP contribution in [0, 0.1) is 0 Å². The molecule has 2 atom stereocenters. The fourth-order valence-electron chi connectivity index (χ4n) is 4.06. The minimum atomic E-state index is 0.213. The van der Waals surface area contributed by atoms with E-state index in [0.717, 1.165) is 53.4 Å². The lowest BCUT2D eigenvalue weighted by molar-refractivity contribution is -0.0671. The second kappa shape index (κ2) is 5.79. The van der Waals surface area contributed by atoms with Gasteiger partial charge in [-0.25, -0.2) is 4.68 Å². The molecule has 25 heavy (non-hydrogen) atoms. The number of nitrogens with zero attached hydrogens (tertiary/aromatic N) is 6. The highest BCUT2D eigenvalue weighted by atomic mass is 35.5. The van der Waals surface area contributed by atoms with Crippen LogP contribution in [-0.2, 0) is 24.9 Å². The maximum Gasteiger partial charge on any atom is 0.0930 e. The van der Waals surface area contributed by atoms with Crippen LogP contribution in [0.1, 0.15) is 23.9 Å². The summed E-state index contributed by atoms with van der Waals surface area (Å²) in [6, 6.07) is 6.16. The Bertz CT molecular complexity index is 935. The molecule has 8 heteroatoms. The SMILES string of the molecule is Cn1nc(CN2CC[C@H]3OCc4cnnn4[C@@H]3C2)c2c(Cl)cccc21. The molecule has 0 saturated carbocycles. The number of hydrogen-bond donors (Lipinski definition) is 0. The van der Waals surface area contributed by atoms with Gasteiger partial charge in [-0.3, -0.25) is 9.58 Å². The molecule has 0 N–H and O–H groups in total. The standard InChI is InChI=1S/C17H19ClN6O/c1-22-14-4-2-3-12(18)17(14)13(20-22)8-23-6-5-16-15(9-23)24-11(10-25-16)7-19-21-24/h2-4,7,15-16H,5-6,8-10H2,1H3/t15-,16-/m1/s1. The third kappa shape index (κ3) is 2.46. The molecule has 0 amide bonds. The van der Waals surface area contributed by atoms with Crippen molar-refractivity contribution in [1.82, 2.24) is 29.7 Å². The molecular weight excluding hydrogens is 340 g/mol. The molecule has 4 heterocycles. The molecule has 130 valence electrons. The smallest absolute Gasteiger partial charge is 0.0930 e. The highest BCUT2D eigenvalue weighted by molar-refractivity contribution is 6.35. The number of fused-ring (bicyclic) bond motifs is 4. The number of halogens is 1. The zero-order valence-corrected chi connectivity index (χ0v) is 14.7. The zero-order chi connectivity index (χ0) is 17.0. The predicted octanol–water partition coefficient (Wildman–Crippen LogP) is 2.16. The maximum atomic E-state index is 6.44. The van der Waals surface area contributed by atoms with Crippen LogP contribution in [0.3, 0.4) is 0 Å². The predicted molar refractivity (Wildman–Crippen MR) is 93.3 cm³/mol. The first kappa shape index (κ1) is 15.3. The van der Waals surface area contributed by atoms with E-state index in [0.29, 0.717) is 6.61 Å². The number of likely N-dealkylation sites (tertiary alicyclic amines) is 1. The molecule has 0 bridgehead atoms. The summed E-state index contributed by atoms with van der Waals surface area (Å²) in [7, 11) is 1.96. The van der Waals surface area contributed by atoms with E-state index in [9.17, 15) is 0 Å². The van der Waals surface area contributed by atoms with Gasteiger partial charge in [0.15, 0.2) is 0 Å². The normalized spacial score (nSPS) is 23.6. The van der Waals surface area contributed by atoms with Crippen LogP contribution in [0.15, 0.2) is 24.4 Å². The molecular formula is C17H19ClN6O. The average molecular weight is 359 g/mol. The highest BCUT2D eigenvalue weighted by Gasteiger charge is 2.36. The van der Waals surface area contributed by atoms with E-state index in [1.165, 1.54) is 0 Å². The monoisotopic (exact) mass is 358 g/mol. The maximum absolute atomic E-state index is 6.44. The van der Waals surface area contributed by atoms with E-state index in [1.54, 1.807) is 6.20 Å². The number of benzene rings is 1. The van der Waals surface area contributed by atoms with Crippen molar-refractivity contribution in [3.63, 3.8) is 0 Å². The Morgan fingerprint density at radius 2 is 2.28 bits per heavy atom. The Kier molecular flexibility index (Phi) is 3.55. The first-order chi connectivity index (χ1) is 12.2. The molecule has 5 rings (SSSR count). The van der Waals surface area contributed by atoms with Crippen molar-refractivity contribution in [3.05, 3.63) is 40.8 Å². The number of ether oxygens (including phenoxy) is 1. The lowest BCUT2D eigenvalue weighted by Crippen LogP contribution is -2.47. The molecule has 3 aromatic rings. The number of aryl methyl sites for hydroxylation is 1. The molecule has 0 spiro atoms. The molecule has 1 fully saturated rings. The van der Waals surface area contributed by atoms with Gasteiger partial charge < -0.3 is 4.74 Å². The van der Waals surface area contributed by atoms with Crippen LogP contribution in [0.5, 0.6) is 0 Å². The van der Waals surface area contributed by atoms with Gasteiger partial charge in [-0.2, -0.15) is 5.10 Å². The summed E-state index contributed by atoms with van der Waals surface area (Å²) >= 11 is 6.44. The third-order valence-electron chi connectivity index (χ3n) is 5.29. The van der Waals surface area contributed by atoms with Crippen molar-refractivity contribution >= 4 is 22.5 Å².